The van der Waals surface area contributed by atoms with E-state index in [1.165, 1.54) is 11.5 Å². The predicted molar refractivity (Wildman–Crippen MR) is 60.3 cm³/mol. The van der Waals surface area contributed by atoms with Gasteiger partial charge in [-0.1, -0.05) is 24.3 Å². The maximum Gasteiger partial charge on any atom is 0.215 e. The Bertz CT molecular complexity index is 568. The predicted octanol–water partition coefficient (Wildman–Crippen LogP) is 1.56. The molecule has 0 saturated carbocycles. The molecular formula is C11H11NO2S. The summed E-state index contributed by atoms with van der Waals surface area (Å²) < 4.78 is 22.8. The van der Waals surface area contributed by atoms with Crippen molar-refractivity contribution >= 4 is 15.4 Å². The van der Waals surface area contributed by atoms with Gasteiger partial charge in [0.25, 0.3) is 0 Å². The molecule has 0 unspecified atom stereocenters. The van der Waals surface area contributed by atoms with E-state index in [9.17, 15) is 8.42 Å². The quantitative estimate of drug-likeness (QED) is 0.783. The molecule has 1 aliphatic heterocycles. The molecule has 2 N–H and O–H groups in total. The Labute approximate surface area is 88.8 Å². The smallest absolute Gasteiger partial charge is 0.215 e. The van der Waals surface area contributed by atoms with Crippen LogP contribution in [-0.2, 0) is 9.84 Å². The van der Waals surface area contributed by atoms with E-state index in [1.54, 1.807) is 0 Å². The first-order valence-corrected chi connectivity index (χ1v) is 6.05. The lowest BCUT2D eigenvalue weighted by molar-refractivity contribution is 0.610. The zero-order valence-corrected chi connectivity index (χ0v) is 9.08. The summed E-state index contributed by atoms with van der Waals surface area (Å²) in [6.45, 7) is 1.94. The van der Waals surface area contributed by atoms with Gasteiger partial charge in [0.15, 0.2) is 0 Å². The number of rotatable bonds is 1. The van der Waals surface area contributed by atoms with Crippen molar-refractivity contribution in [1.29, 1.82) is 0 Å². The highest BCUT2D eigenvalue weighted by molar-refractivity contribution is 7.98. The molecule has 0 aliphatic carbocycles. The largest absolute Gasteiger partial charge is 0.389 e. The summed E-state index contributed by atoms with van der Waals surface area (Å²) in [5.74, 6) is 0. The fraction of sp³-hybridized carbons (Fsp3) is 0.0909. The van der Waals surface area contributed by atoms with E-state index >= 15 is 0 Å². The minimum Gasteiger partial charge on any atom is -0.389 e. The Morgan fingerprint density at radius 2 is 1.87 bits per heavy atom. The van der Waals surface area contributed by atoms with Gasteiger partial charge >= 0.3 is 0 Å². The fourth-order valence-electron chi connectivity index (χ4n) is 1.54. The van der Waals surface area contributed by atoms with Crippen molar-refractivity contribution < 1.29 is 8.42 Å². The molecule has 0 bridgehead atoms. The van der Waals surface area contributed by atoms with Crippen LogP contribution in [0.1, 0.15) is 11.1 Å². The lowest BCUT2D eigenvalue weighted by Crippen LogP contribution is -2.04. The van der Waals surface area contributed by atoms with Crippen molar-refractivity contribution in [3.05, 3.63) is 51.9 Å². The second kappa shape index (κ2) is 3.24. The SMILES string of the molecule is Cc1ccccc1C1=CS(=O)(=O)C(N)=C1. The van der Waals surface area contributed by atoms with Crippen LogP contribution in [0.25, 0.3) is 5.57 Å². The van der Waals surface area contributed by atoms with Gasteiger partial charge in [0.2, 0.25) is 9.84 Å². The second-order valence-electron chi connectivity index (χ2n) is 3.48. The average Bonchev–Trinajstić information content (AvgIpc) is 2.42. The van der Waals surface area contributed by atoms with Crippen LogP contribution in [0.15, 0.2) is 40.8 Å². The molecule has 0 fully saturated rings. The van der Waals surface area contributed by atoms with Crippen molar-refractivity contribution in [2.45, 2.75) is 6.92 Å². The van der Waals surface area contributed by atoms with E-state index in [-0.39, 0.29) is 5.03 Å². The van der Waals surface area contributed by atoms with Crippen molar-refractivity contribution in [1.82, 2.24) is 0 Å². The minimum absolute atomic E-state index is 0.0826. The highest BCUT2D eigenvalue weighted by Crippen LogP contribution is 2.28. The number of benzene rings is 1. The second-order valence-corrected chi connectivity index (χ2v) is 5.28. The molecule has 1 aliphatic rings. The van der Waals surface area contributed by atoms with Crippen molar-refractivity contribution in [3.63, 3.8) is 0 Å². The van der Waals surface area contributed by atoms with Gasteiger partial charge in [0.05, 0.1) is 0 Å². The Kier molecular flexibility index (Phi) is 2.16. The van der Waals surface area contributed by atoms with E-state index in [4.69, 9.17) is 5.73 Å². The van der Waals surface area contributed by atoms with Crippen LogP contribution in [0.5, 0.6) is 0 Å². The molecule has 3 nitrogen and oxygen atoms in total. The summed E-state index contributed by atoms with van der Waals surface area (Å²) in [4.78, 5) is 0. The zero-order chi connectivity index (χ0) is 11.1. The molecule has 0 radical (unpaired) electrons. The number of aryl methyl sites for hydroxylation is 1. The lowest BCUT2D eigenvalue weighted by atomic mass is 10.0. The molecule has 0 amide bonds. The summed E-state index contributed by atoms with van der Waals surface area (Å²) in [5, 5.41) is 1.13. The summed E-state index contributed by atoms with van der Waals surface area (Å²) in [5.41, 5.74) is 8.01. The minimum atomic E-state index is -3.36. The summed E-state index contributed by atoms with van der Waals surface area (Å²) >= 11 is 0. The monoisotopic (exact) mass is 221 g/mol. The molecule has 1 aromatic rings. The van der Waals surface area contributed by atoms with Crippen LogP contribution in [0, 0.1) is 6.92 Å². The van der Waals surface area contributed by atoms with Crippen LogP contribution >= 0.6 is 0 Å². The van der Waals surface area contributed by atoms with Gasteiger partial charge in [-0.2, -0.15) is 0 Å². The van der Waals surface area contributed by atoms with Crippen LogP contribution in [0.4, 0.5) is 0 Å². The molecule has 4 heteroatoms. The lowest BCUT2D eigenvalue weighted by Gasteiger charge is -2.02. The van der Waals surface area contributed by atoms with Gasteiger partial charge in [0, 0.05) is 5.41 Å². The van der Waals surface area contributed by atoms with E-state index < -0.39 is 9.84 Å². The number of sulfone groups is 1. The van der Waals surface area contributed by atoms with Gasteiger partial charge in [-0.25, -0.2) is 8.42 Å². The number of hydrogen-bond acceptors (Lipinski definition) is 3. The molecule has 0 saturated heterocycles. The first kappa shape index (κ1) is 9.98. The molecule has 0 atom stereocenters. The first-order valence-electron chi connectivity index (χ1n) is 4.51. The third kappa shape index (κ3) is 1.68. The Hall–Kier alpha value is -1.55. The highest BCUT2D eigenvalue weighted by Gasteiger charge is 2.20. The summed E-state index contributed by atoms with van der Waals surface area (Å²) in [6, 6.07) is 7.60. The first-order chi connectivity index (χ1) is 7.00. The Morgan fingerprint density at radius 3 is 2.40 bits per heavy atom. The van der Waals surface area contributed by atoms with Gasteiger partial charge in [-0.3, -0.25) is 0 Å². The van der Waals surface area contributed by atoms with Crippen molar-refractivity contribution in [2.24, 2.45) is 5.73 Å². The third-order valence-electron chi connectivity index (χ3n) is 2.36. The van der Waals surface area contributed by atoms with Gasteiger partial charge < -0.3 is 5.73 Å². The topological polar surface area (TPSA) is 60.2 Å². The van der Waals surface area contributed by atoms with Crippen LogP contribution in [0.3, 0.4) is 0 Å². The third-order valence-corrected chi connectivity index (χ3v) is 3.70. The molecule has 2 rings (SSSR count). The Morgan fingerprint density at radius 1 is 1.20 bits per heavy atom. The van der Waals surface area contributed by atoms with Gasteiger partial charge in [-0.15, -0.1) is 0 Å². The molecule has 1 heterocycles. The molecule has 1 aromatic carbocycles. The van der Waals surface area contributed by atoms with Gasteiger partial charge in [0.1, 0.15) is 5.03 Å². The molecule has 78 valence electrons. The maximum absolute atomic E-state index is 11.4. The van der Waals surface area contributed by atoms with Crippen molar-refractivity contribution in [2.75, 3.05) is 0 Å². The number of allylic oxidation sites excluding steroid dienone is 2. The highest BCUT2D eigenvalue weighted by atomic mass is 32.2. The fourth-order valence-corrected chi connectivity index (χ4v) is 2.50. The summed E-state index contributed by atoms with van der Waals surface area (Å²) in [7, 11) is -3.36. The Balaban J connectivity index is 2.58. The van der Waals surface area contributed by atoms with E-state index in [1.807, 2.05) is 31.2 Å². The maximum atomic E-state index is 11.4. The van der Waals surface area contributed by atoms with E-state index in [0.717, 1.165) is 11.1 Å². The van der Waals surface area contributed by atoms with Crippen LogP contribution in [0.2, 0.25) is 0 Å². The molecule has 15 heavy (non-hydrogen) atoms. The van der Waals surface area contributed by atoms with E-state index in [2.05, 4.69) is 0 Å². The number of nitrogens with two attached hydrogens (primary N) is 1. The van der Waals surface area contributed by atoms with Crippen molar-refractivity contribution in [3.8, 4) is 0 Å². The standard InChI is InChI=1S/C11H11NO2S/c1-8-4-2-3-5-10(8)9-6-11(12)15(13,14)7-9/h2-7H,12H2,1H3. The van der Waals surface area contributed by atoms with E-state index in [0.29, 0.717) is 5.57 Å². The average molecular weight is 221 g/mol. The summed E-state index contributed by atoms with van der Waals surface area (Å²) in [6.07, 6.45) is 1.50. The number of hydrogen-bond donors (Lipinski definition) is 1. The van der Waals surface area contributed by atoms with Gasteiger partial charge in [-0.05, 0) is 29.7 Å². The zero-order valence-electron chi connectivity index (χ0n) is 8.27. The normalized spacial score (nSPS) is 18.5. The molecular weight excluding hydrogens is 210 g/mol. The molecule has 0 spiro atoms. The van der Waals surface area contributed by atoms with Crippen LogP contribution < -0.4 is 5.73 Å². The molecule has 0 aromatic heterocycles. The van der Waals surface area contributed by atoms with Crippen LogP contribution in [-0.4, -0.2) is 8.42 Å².